The molecule has 0 spiro atoms. The van der Waals surface area contributed by atoms with Crippen LogP contribution in [0.3, 0.4) is 0 Å². The Labute approximate surface area is 115 Å². The molecule has 1 aliphatic carbocycles. The van der Waals surface area contributed by atoms with E-state index in [4.69, 9.17) is 0 Å². The largest absolute Gasteiger partial charge is 0.392 e. The van der Waals surface area contributed by atoms with Crippen molar-refractivity contribution < 1.29 is 9.90 Å². The fourth-order valence-corrected chi connectivity index (χ4v) is 3.15. The van der Waals surface area contributed by atoms with Gasteiger partial charge in [0.1, 0.15) is 0 Å². The molecule has 0 aliphatic heterocycles. The fraction of sp³-hybridized carbons (Fsp3) is 0.923. The standard InChI is InChI=1S/C13H26N2O2S/c1-9(2)15(8-10(3)16)13(17)14-11-5-6-12(7-11)18-4/h9-12,16H,5-8H2,1-4H3,(H,14,17). The lowest BCUT2D eigenvalue weighted by atomic mass is 10.2. The molecule has 0 saturated heterocycles. The monoisotopic (exact) mass is 274 g/mol. The van der Waals surface area contributed by atoms with Gasteiger partial charge in [0.05, 0.1) is 6.10 Å². The second-order valence-corrected chi connectivity index (χ2v) is 6.55. The van der Waals surface area contributed by atoms with Crippen molar-refractivity contribution in [1.29, 1.82) is 0 Å². The van der Waals surface area contributed by atoms with E-state index in [0.717, 1.165) is 12.8 Å². The quantitative estimate of drug-likeness (QED) is 0.807. The molecule has 0 aromatic heterocycles. The first-order valence-electron chi connectivity index (χ1n) is 6.72. The highest BCUT2D eigenvalue weighted by Crippen LogP contribution is 2.28. The van der Waals surface area contributed by atoms with E-state index in [1.807, 2.05) is 25.6 Å². The number of carbonyl (C=O) groups excluding carboxylic acids is 1. The number of aliphatic hydroxyl groups is 1. The van der Waals surface area contributed by atoms with Crippen molar-refractivity contribution in [3.05, 3.63) is 0 Å². The van der Waals surface area contributed by atoms with E-state index in [0.29, 0.717) is 17.8 Å². The molecule has 2 amide bonds. The van der Waals surface area contributed by atoms with Crippen molar-refractivity contribution >= 4 is 17.8 Å². The Morgan fingerprint density at radius 2 is 2.11 bits per heavy atom. The Balaban J connectivity index is 2.46. The molecule has 5 heteroatoms. The van der Waals surface area contributed by atoms with Crippen molar-refractivity contribution in [2.24, 2.45) is 0 Å². The van der Waals surface area contributed by atoms with Crippen LogP contribution in [0, 0.1) is 0 Å². The number of aliphatic hydroxyl groups excluding tert-OH is 1. The van der Waals surface area contributed by atoms with Crippen molar-refractivity contribution in [3.8, 4) is 0 Å². The molecule has 3 atom stereocenters. The van der Waals surface area contributed by atoms with Crippen molar-refractivity contribution in [3.63, 3.8) is 0 Å². The number of rotatable bonds is 5. The van der Waals surface area contributed by atoms with Crippen LogP contribution < -0.4 is 5.32 Å². The van der Waals surface area contributed by atoms with Crippen LogP contribution in [0.25, 0.3) is 0 Å². The van der Waals surface area contributed by atoms with Gasteiger partial charge >= 0.3 is 6.03 Å². The van der Waals surface area contributed by atoms with Crippen LogP contribution in [0.1, 0.15) is 40.0 Å². The van der Waals surface area contributed by atoms with E-state index in [1.165, 1.54) is 6.42 Å². The summed E-state index contributed by atoms with van der Waals surface area (Å²) >= 11 is 1.88. The maximum absolute atomic E-state index is 12.2. The minimum Gasteiger partial charge on any atom is -0.392 e. The van der Waals surface area contributed by atoms with Gasteiger partial charge in [-0.3, -0.25) is 0 Å². The van der Waals surface area contributed by atoms with Gasteiger partial charge in [0, 0.05) is 23.9 Å². The van der Waals surface area contributed by atoms with Gasteiger partial charge < -0.3 is 15.3 Å². The summed E-state index contributed by atoms with van der Waals surface area (Å²) in [5, 5.41) is 13.2. The summed E-state index contributed by atoms with van der Waals surface area (Å²) in [6.07, 6.45) is 4.96. The lowest BCUT2D eigenvalue weighted by Gasteiger charge is -2.29. The predicted octanol–water partition coefficient (Wildman–Crippen LogP) is 2.07. The number of hydrogen-bond acceptors (Lipinski definition) is 3. The third-order valence-corrected chi connectivity index (χ3v) is 4.49. The second-order valence-electron chi connectivity index (χ2n) is 5.41. The number of amides is 2. The Bertz CT molecular complexity index is 272. The highest BCUT2D eigenvalue weighted by atomic mass is 32.2. The molecule has 2 N–H and O–H groups in total. The third-order valence-electron chi connectivity index (χ3n) is 3.39. The number of urea groups is 1. The van der Waals surface area contributed by atoms with E-state index >= 15 is 0 Å². The topological polar surface area (TPSA) is 52.6 Å². The molecular formula is C13H26N2O2S. The summed E-state index contributed by atoms with van der Waals surface area (Å²) in [5.74, 6) is 0. The third kappa shape index (κ3) is 4.69. The lowest BCUT2D eigenvalue weighted by Crippen LogP contribution is -2.49. The van der Waals surface area contributed by atoms with Crippen LogP contribution in [0.5, 0.6) is 0 Å². The van der Waals surface area contributed by atoms with E-state index in [9.17, 15) is 9.90 Å². The normalized spacial score (nSPS) is 25.2. The van der Waals surface area contributed by atoms with E-state index in [2.05, 4.69) is 11.6 Å². The SMILES string of the molecule is CSC1CCC(NC(=O)N(CC(C)O)C(C)C)C1. The van der Waals surface area contributed by atoms with Crippen LogP contribution in [0.15, 0.2) is 0 Å². The Morgan fingerprint density at radius 3 is 2.56 bits per heavy atom. The van der Waals surface area contributed by atoms with Gasteiger partial charge in [0.2, 0.25) is 0 Å². The highest BCUT2D eigenvalue weighted by Gasteiger charge is 2.27. The molecule has 1 saturated carbocycles. The number of thioether (sulfide) groups is 1. The first kappa shape index (κ1) is 15.6. The molecule has 3 unspecified atom stereocenters. The predicted molar refractivity (Wildman–Crippen MR) is 77.0 cm³/mol. The average molecular weight is 274 g/mol. The minimum absolute atomic E-state index is 0.0438. The molecule has 1 fully saturated rings. The lowest BCUT2D eigenvalue weighted by molar-refractivity contribution is 0.117. The molecule has 4 nitrogen and oxygen atoms in total. The second kappa shape index (κ2) is 7.24. The summed E-state index contributed by atoms with van der Waals surface area (Å²) in [6, 6.07) is 0.361. The van der Waals surface area contributed by atoms with Gasteiger partial charge in [-0.25, -0.2) is 4.79 Å². The van der Waals surface area contributed by atoms with Crippen molar-refractivity contribution in [2.75, 3.05) is 12.8 Å². The zero-order valence-corrected chi connectivity index (χ0v) is 12.7. The molecular weight excluding hydrogens is 248 g/mol. The highest BCUT2D eigenvalue weighted by molar-refractivity contribution is 7.99. The molecule has 0 aromatic rings. The summed E-state index contributed by atoms with van der Waals surface area (Å²) < 4.78 is 0. The average Bonchev–Trinajstić information content (AvgIpc) is 2.72. The Morgan fingerprint density at radius 1 is 1.44 bits per heavy atom. The first-order valence-corrected chi connectivity index (χ1v) is 8.00. The van der Waals surface area contributed by atoms with Crippen molar-refractivity contribution in [2.45, 2.75) is 63.5 Å². The van der Waals surface area contributed by atoms with E-state index in [1.54, 1.807) is 11.8 Å². The van der Waals surface area contributed by atoms with Gasteiger partial charge in [-0.05, 0) is 46.3 Å². The van der Waals surface area contributed by atoms with Crippen LogP contribution in [0.2, 0.25) is 0 Å². The van der Waals surface area contributed by atoms with Crippen LogP contribution >= 0.6 is 11.8 Å². The van der Waals surface area contributed by atoms with E-state index < -0.39 is 6.10 Å². The summed E-state index contributed by atoms with van der Waals surface area (Å²) in [7, 11) is 0. The molecule has 0 aromatic carbocycles. The number of nitrogens with one attached hydrogen (secondary N) is 1. The molecule has 106 valence electrons. The number of hydrogen-bond donors (Lipinski definition) is 2. The Kier molecular flexibility index (Phi) is 6.29. The zero-order chi connectivity index (χ0) is 13.7. The molecule has 18 heavy (non-hydrogen) atoms. The van der Waals surface area contributed by atoms with E-state index in [-0.39, 0.29) is 12.1 Å². The smallest absolute Gasteiger partial charge is 0.317 e. The Hall–Kier alpha value is -0.420. The molecule has 1 aliphatic rings. The molecule has 0 heterocycles. The number of nitrogens with zero attached hydrogens (tertiary/aromatic N) is 1. The zero-order valence-electron chi connectivity index (χ0n) is 11.8. The van der Waals surface area contributed by atoms with Gasteiger partial charge in [-0.2, -0.15) is 11.8 Å². The first-order chi connectivity index (χ1) is 8.43. The van der Waals surface area contributed by atoms with Gasteiger partial charge in [0.15, 0.2) is 0 Å². The van der Waals surface area contributed by atoms with Crippen LogP contribution in [-0.4, -0.2) is 52.3 Å². The maximum atomic E-state index is 12.2. The molecule has 0 bridgehead atoms. The molecule has 1 rings (SSSR count). The van der Waals surface area contributed by atoms with Crippen molar-refractivity contribution in [1.82, 2.24) is 10.2 Å². The summed E-state index contributed by atoms with van der Waals surface area (Å²) in [4.78, 5) is 13.9. The summed E-state index contributed by atoms with van der Waals surface area (Å²) in [6.45, 7) is 6.05. The summed E-state index contributed by atoms with van der Waals surface area (Å²) in [5.41, 5.74) is 0. The van der Waals surface area contributed by atoms with Gasteiger partial charge in [0.25, 0.3) is 0 Å². The van der Waals surface area contributed by atoms with Crippen LogP contribution in [-0.2, 0) is 0 Å². The maximum Gasteiger partial charge on any atom is 0.317 e. The van der Waals surface area contributed by atoms with Crippen LogP contribution in [0.4, 0.5) is 4.79 Å². The van der Waals surface area contributed by atoms with Gasteiger partial charge in [-0.15, -0.1) is 0 Å². The number of carbonyl (C=O) groups is 1. The fourth-order valence-electron chi connectivity index (χ4n) is 2.36. The minimum atomic E-state index is -0.485. The van der Waals surface area contributed by atoms with Gasteiger partial charge in [-0.1, -0.05) is 0 Å². The molecule has 0 radical (unpaired) electrons.